The van der Waals surface area contributed by atoms with Crippen molar-refractivity contribution in [2.24, 2.45) is 5.92 Å². The summed E-state index contributed by atoms with van der Waals surface area (Å²) in [6.07, 6.45) is 3.13. The minimum Gasteiger partial charge on any atom is -0.481 e. The van der Waals surface area contributed by atoms with Crippen LogP contribution in [0.5, 0.6) is 0 Å². The van der Waals surface area contributed by atoms with Crippen LogP contribution in [0.2, 0.25) is 0 Å². The van der Waals surface area contributed by atoms with Crippen molar-refractivity contribution < 1.29 is 14.3 Å². The number of carboxylic acids is 1. The van der Waals surface area contributed by atoms with Crippen molar-refractivity contribution in [2.75, 3.05) is 13.1 Å². The number of oxazole rings is 1. The summed E-state index contributed by atoms with van der Waals surface area (Å²) in [5.41, 5.74) is 1.01. The highest BCUT2D eigenvalue weighted by Crippen LogP contribution is 2.29. The van der Waals surface area contributed by atoms with Gasteiger partial charge in [-0.3, -0.25) is 9.69 Å². The Morgan fingerprint density at radius 1 is 1.32 bits per heavy atom. The van der Waals surface area contributed by atoms with Crippen molar-refractivity contribution in [1.82, 2.24) is 9.88 Å². The third-order valence-electron chi connectivity index (χ3n) is 4.37. The van der Waals surface area contributed by atoms with E-state index in [2.05, 4.69) is 16.8 Å². The molecule has 0 saturated carbocycles. The van der Waals surface area contributed by atoms with Gasteiger partial charge in [0.15, 0.2) is 5.76 Å². The quantitative estimate of drug-likeness (QED) is 0.939. The number of nitrogens with zero attached hydrogens (tertiary/aromatic N) is 2. The third kappa shape index (κ3) is 3.04. The van der Waals surface area contributed by atoms with Gasteiger partial charge in [0, 0.05) is 5.56 Å². The first-order valence-electron chi connectivity index (χ1n) is 7.63. The predicted molar refractivity (Wildman–Crippen MR) is 82.3 cm³/mol. The molecule has 1 saturated heterocycles. The Kier molecular flexibility index (Phi) is 4.24. The molecular formula is C17H20N2O3. The van der Waals surface area contributed by atoms with Crippen LogP contribution in [0.15, 0.2) is 40.9 Å². The molecule has 1 aliphatic rings. The molecule has 1 atom stereocenters. The molecule has 5 heteroatoms. The van der Waals surface area contributed by atoms with Gasteiger partial charge in [-0.2, -0.15) is 0 Å². The highest BCUT2D eigenvalue weighted by atomic mass is 16.4. The Balaban J connectivity index is 1.68. The lowest BCUT2D eigenvalue weighted by Gasteiger charge is -2.33. The number of carbonyl (C=O) groups is 1. The fourth-order valence-electron chi connectivity index (χ4n) is 2.91. The Hall–Kier alpha value is -2.14. The van der Waals surface area contributed by atoms with E-state index < -0.39 is 5.97 Å². The van der Waals surface area contributed by atoms with Gasteiger partial charge in [0.25, 0.3) is 0 Å². The summed E-state index contributed by atoms with van der Waals surface area (Å²) in [6.45, 7) is 3.59. The number of carboxylic acid groups (broad SMARTS) is 1. The van der Waals surface area contributed by atoms with Gasteiger partial charge in [-0.25, -0.2) is 4.98 Å². The molecule has 1 N–H and O–H groups in total. The molecule has 0 spiro atoms. The van der Waals surface area contributed by atoms with Crippen LogP contribution in [0, 0.1) is 5.92 Å². The smallest absolute Gasteiger partial charge is 0.306 e. The molecule has 3 rings (SSSR count). The van der Waals surface area contributed by atoms with Crippen molar-refractivity contribution in [3.63, 3.8) is 0 Å². The van der Waals surface area contributed by atoms with E-state index >= 15 is 0 Å². The Morgan fingerprint density at radius 2 is 2.00 bits per heavy atom. The molecule has 0 aliphatic carbocycles. The van der Waals surface area contributed by atoms with Crippen LogP contribution in [-0.4, -0.2) is 34.0 Å². The van der Waals surface area contributed by atoms with Crippen molar-refractivity contribution in [3.05, 3.63) is 42.4 Å². The number of aliphatic carboxylic acids is 1. The van der Waals surface area contributed by atoms with Gasteiger partial charge in [0.05, 0.1) is 18.2 Å². The maximum atomic E-state index is 11.0. The van der Waals surface area contributed by atoms with E-state index in [1.54, 1.807) is 6.20 Å². The molecule has 1 aliphatic heterocycles. The monoisotopic (exact) mass is 300 g/mol. The van der Waals surface area contributed by atoms with Gasteiger partial charge in [0.2, 0.25) is 5.89 Å². The van der Waals surface area contributed by atoms with E-state index in [0.29, 0.717) is 18.7 Å². The molecule has 116 valence electrons. The molecular weight excluding hydrogens is 280 g/mol. The summed E-state index contributed by atoms with van der Waals surface area (Å²) in [6, 6.07) is 9.96. The minimum absolute atomic E-state index is 0.0622. The van der Waals surface area contributed by atoms with Crippen molar-refractivity contribution >= 4 is 5.97 Å². The summed E-state index contributed by atoms with van der Waals surface area (Å²) < 4.78 is 5.89. The average molecular weight is 300 g/mol. The molecule has 0 bridgehead atoms. The first kappa shape index (κ1) is 14.8. The van der Waals surface area contributed by atoms with Crippen LogP contribution in [0.4, 0.5) is 0 Å². The normalized spacial score (nSPS) is 18.2. The average Bonchev–Trinajstić information content (AvgIpc) is 3.05. The van der Waals surface area contributed by atoms with E-state index in [9.17, 15) is 4.79 Å². The molecule has 1 aromatic heterocycles. The largest absolute Gasteiger partial charge is 0.481 e. The van der Waals surface area contributed by atoms with Gasteiger partial charge in [-0.1, -0.05) is 30.3 Å². The maximum absolute atomic E-state index is 11.0. The maximum Gasteiger partial charge on any atom is 0.306 e. The molecule has 22 heavy (non-hydrogen) atoms. The van der Waals surface area contributed by atoms with Crippen LogP contribution in [0.25, 0.3) is 11.3 Å². The molecule has 0 radical (unpaired) electrons. The number of likely N-dealkylation sites (tertiary alicyclic amines) is 1. The fraction of sp³-hybridized carbons (Fsp3) is 0.412. The minimum atomic E-state index is -0.685. The predicted octanol–water partition coefficient (Wildman–Crippen LogP) is 3.20. The second-order valence-corrected chi connectivity index (χ2v) is 5.75. The van der Waals surface area contributed by atoms with Gasteiger partial charge in [0.1, 0.15) is 0 Å². The summed E-state index contributed by atoms with van der Waals surface area (Å²) in [5.74, 6) is 0.554. The zero-order valence-corrected chi connectivity index (χ0v) is 12.6. The number of piperidine rings is 1. The molecule has 2 heterocycles. The molecule has 2 aromatic rings. The lowest BCUT2D eigenvalue weighted by Crippen LogP contribution is -2.37. The SMILES string of the molecule is CC(c1ncc(-c2ccccc2)o1)N1CCC(C(=O)O)CC1. The van der Waals surface area contributed by atoms with Crippen LogP contribution >= 0.6 is 0 Å². The Bertz CT molecular complexity index is 630. The van der Waals surface area contributed by atoms with Crippen molar-refractivity contribution in [2.45, 2.75) is 25.8 Å². The molecule has 1 fully saturated rings. The highest BCUT2D eigenvalue weighted by molar-refractivity contribution is 5.70. The van der Waals surface area contributed by atoms with E-state index in [4.69, 9.17) is 9.52 Å². The van der Waals surface area contributed by atoms with Gasteiger partial charge >= 0.3 is 5.97 Å². The van der Waals surface area contributed by atoms with Crippen LogP contribution in [0.3, 0.4) is 0 Å². The van der Waals surface area contributed by atoms with Crippen LogP contribution in [-0.2, 0) is 4.79 Å². The standard InChI is InChI=1S/C17H20N2O3/c1-12(19-9-7-14(8-10-19)17(20)21)16-18-11-15(22-16)13-5-3-2-4-6-13/h2-6,11-12,14H,7-10H2,1H3,(H,20,21). The van der Waals surface area contributed by atoms with Crippen LogP contribution in [0.1, 0.15) is 31.7 Å². The fourth-order valence-corrected chi connectivity index (χ4v) is 2.91. The number of rotatable bonds is 4. The topological polar surface area (TPSA) is 66.6 Å². The van der Waals surface area contributed by atoms with Crippen molar-refractivity contribution in [1.29, 1.82) is 0 Å². The van der Waals surface area contributed by atoms with E-state index in [0.717, 1.165) is 24.4 Å². The summed E-state index contributed by atoms with van der Waals surface area (Å²) in [7, 11) is 0. The molecule has 1 unspecified atom stereocenters. The van der Waals surface area contributed by atoms with Crippen LogP contribution < -0.4 is 0 Å². The summed E-state index contributed by atoms with van der Waals surface area (Å²) in [4.78, 5) is 17.6. The van der Waals surface area contributed by atoms with E-state index in [1.807, 2.05) is 30.3 Å². The third-order valence-corrected chi connectivity index (χ3v) is 4.37. The summed E-state index contributed by atoms with van der Waals surface area (Å²) >= 11 is 0. The first-order valence-corrected chi connectivity index (χ1v) is 7.63. The second-order valence-electron chi connectivity index (χ2n) is 5.75. The second kappa shape index (κ2) is 6.32. The zero-order valence-electron chi connectivity index (χ0n) is 12.6. The van der Waals surface area contributed by atoms with E-state index in [-0.39, 0.29) is 12.0 Å². The van der Waals surface area contributed by atoms with Gasteiger partial charge in [-0.05, 0) is 32.9 Å². The Morgan fingerprint density at radius 3 is 2.64 bits per heavy atom. The summed E-state index contributed by atoms with van der Waals surface area (Å²) in [5, 5.41) is 9.06. The Labute approximate surface area is 129 Å². The number of hydrogen-bond donors (Lipinski definition) is 1. The lowest BCUT2D eigenvalue weighted by atomic mass is 9.96. The highest BCUT2D eigenvalue weighted by Gasteiger charge is 2.29. The molecule has 0 amide bonds. The number of hydrogen-bond acceptors (Lipinski definition) is 4. The number of benzene rings is 1. The van der Waals surface area contributed by atoms with Crippen molar-refractivity contribution in [3.8, 4) is 11.3 Å². The number of aromatic nitrogens is 1. The van der Waals surface area contributed by atoms with Gasteiger partial charge < -0.3 is 9.52 Å². The zero-order chi connectivity index (χ0) is 15.5. The molecule has 5 nitrogen and oxygen atoms in total. The lowest BCUT2D eigenvalue weighted by molar-refractivity contribution is -0.143. The first-order chi connectivity index (χ1) is 10.6. The van der Waals surface area contributed by atoms with Gasteiger partial charge in [-0.15, -0.1) is 0 Å². The van der Waals surface area contributed by atoms with E-state index in [1.165, 1.54) is 0 Å². The molecule has 1 aromatic carbocycles.